The summed E-state index contributed by atoms with van der Waals surface area (Å²) in [6.45, 7) is 2.07. The molecule has 0 amide bonds. The Morgan fingerprint density at radius 2 is 1.92 bits per heavy atom. The molecule has 0 saturated carbocycles. The highest BCUT2D eigenvalue weighted by Crippen LogP contribution is 2.16. The number of hydrogen-bond donors (Lipinski definition) is 0. The van der Waals surface area contributed by atoms with Crippen molar-refractivity contribution in [2.75, 3.05) is 0 Å². The average Bonchev–Trinajstić information content (AvgIpc) is 2.58. The van der Waals surface area contributed by atoms with Gasteiger partial charge in [0.05, 0.1) is 17.9 Å². The number of benzene rings is 1. The monoisotopic (exact) mass is 176 g/mol. The molecule has 1 aromatic carbocycles. The quantitative estimate of drug-likeness (QED) is 0.667. The smallest absolute Gasteiger partial charge is 0.104 e. The fourth-order valence-corrected chi connectivity index (χ4v) is 1.45. The maximum atomic E-state index is 4.15. The molecule has 0 saturated heterocycles. The van der Waals surface area contributed by atoms with Crippen LogP contribution in [0.4, 0.5) is 0 Å². The fraction of sp³-hybridized carbons (Fsp3) is 0.111. The van der Waals surface area contributed by atoms with Crippen molar-refractivity contribution < 1.29 is 0 Å². The first-order chi connectivity index (χ1) is 5.86. The predicted molar refractivity (Wildman–Crippen MR) is 50.1 cm³/mol. The van der Waals surface area contributed by atoms with Gasteiger partial charge in [0.15, 0.2) is 0 Å². The van der Waals surface area contributed by atoms with Crippen LogP contribution in [0.5, 0.6) is 0 Å². The van der Waals surface area contributed by atoms with Crippen LogP contribution in [-0.2, 0) is 0 Å². The van der Waals surface area contributed by atoms with Gasteiger partial charge in [-0.3, -0.25) is 0 Å². The van der Waals surface area contributed by atoms with Gasteiger partial charge < -0.3 is 0 Å². The van der Waals surface area contributed by atoms with Crippen molar-refractivity contribution >= 4 is 11.7 Å². The van der Waals surface area contributed by atoms with Gasteiger partial charge in [0.2, 0.25) is 0 Å². The Balaban J connectivity index is 2.43. The van der Waals surface area contributed by atoms with E-state index in [-0.39, 0.29) is 0 Å². The van der Waals surface area contributed by atoms with Crippen LogP contribution in [0.25, 0.3) is 11.3 Å². The number of hydrogen-bond acceptors (Lipinski definition) is 3. The SMILES string of the molecule is Cc1ccc(-c2cnsn2)cc1. The van der Waals surface area contributed by atoms with E-state index in [1.54, 1.807) is 6.20 Å². The van der Waals surface area contributed by atoms with Crippen LogP contribution in [-0.4, -0.2) is 8.75 Å². The van der Waals surface area contributed by atoms with Gasteiger partial charge >= 0.3 is 0 Å². The molecule has 0 aliphatic rings. The Kier molecular flexibility index (Phi) is 1.87. The van der Waals surface area contributed by atoms with Crippen LogP contribution in [0, 0.1) is 6.92 Å². The molecule has 0 aliphatic carbocycles. The van der Waals surface area contributed by atoms with Crippen LogP contribution < -0.4 is 0 Å². The summed E-state index contributed by atoms with van der Waals surface area (Å²) >= 11 is 1.24. The first-order valence-electron chi connectivity index (χ1n) is 3.71. The molecule has 0 bridgehead atoms. The number of nitrogens with zero attached hydrogens (tertiary/aromatic N) is 2. The first-order valence-corrected chi connectivity index (χ1v) is 4.44. The zero-order valence-corrected chi connectivity index (χ0v) is 7.51. The third kappa shape index (κ3) is 1.36. The van der Waals surface area contributed by atoms with E-state index < -0.39 is 0 Å². The van der Waals surface area contributed by atoms with Crippen LogP contribution in [0.1, 0.15) is 5.56 Å². The highest BCUT2D eigenvalue weighted by molar-refractivity contribution is 6.99. The number of aryl methyl sites for hydroxylation is 1. The lowest BCUT2D eigenvalue weighted by atomic mass is 10.1. The van der Waals surface area contributed by atoms with Crippen molar-refractivity contribution in [1.82, 2.24) is 8.75 Å². The molecule has 2 rings (SSSR count). The third-order valence-corrected chi connectivity index (χ3v) is 2.19. The van der Waals surface area contributed by atoms with Gasteiger partial charge in [-0.15, -0.1) is 0 Å². The summed E-state index contributed by atoms with van der Waals surface area (Å²) in [6.07, 6.45) is 1.79. The molecule has 0 N–H and O–H groups in total. The second kappa shape index (κ2) is 3.03. The standard InChI is InChI=1S/C9H8N2S/c1-7-2-4-8(5-3-7)9-6-10-12-11-9/h2-6H,1H3. The molecule has 0 atom stereocenters. The minimum absolute atomic E-state index is 0.958. The predicted octanol–water partition coefficient (Wildman–Crippen LogP) is 2.51. The Hall–Kier alpha value is -1.22. The third-order valence-electron chi connectivity index (χ3n) is 1.71. The summed E-state index contributed by atoms with van der Waals surface area (Å²) in [6, 6.07) is 8.28. The van der Waals surface area contributed by atoms with Gasteiger partial charge in [0.1, 0.15) is 5.69 Å². The number of rotatable bonds is 1. The Morgan fingerprint density at radius 1 is 1.17 bits per heavy atom. The number of aromatic nitrogens is 2. The highest BCUT2D eigenvalue weighted by atomic mass is 32.1. The summed E-state index contributed by atoms with van der Waals surface area (Å²) in [7, 11) is 0. The molecule has 0 fully saturated rings. The summed E-state index contributed by atoms with van der Waals surface area (Å²) in [5.41, 5.74) is 3.36. The molecule has 0 aliphatic heterocycles. The maximum absolute atomic E-state index is 4.15. The van der Waals surface area contributed by atoms with E-state index in [4.69, 9.17) is 0 Å². The van der Waals surface area contributed by atoms with Crippen LogP contribution in [0.15, 0.2) is 30.5 Å². The minimum Gasteiger partial charge on any atom is -0.181 e. The lowest BCUT2D eigenvalue weighted by Crippen LogP contribution is -1.76. The minimum atomic E-state index is 0.958. The van der Waals surface area contributed by atoms with Crippen molar-refractivity contribution in [2.45, 2.75) is 6.92 Å². The van der Waals surface area contributed by atoms with E-state index in [0.29, 0.717) is 0 Å². The molecule has 0 radical (unpaired) electrons. The molecule has 3 heteroatoms. The summed E-state index contributed by atoms with van der Waals surface area (Å²) in [4.78, 5) is 0. The van der Waals surface area contributed by atoms with E-state index in [9.17, 15) is 0 Å². The average molecular weight is 176 g/mol. The molecule has 1 heterocycles. The van der Waals surface area contributed by atoms with E-state index in [1.807, 2.05) is 0 Å². The molecule has 0 spiro atoms. The fourth-order valence-electron chi connectivity index (χ4n) is 1.02. The van der Waals surface area contributed by atoms with Crippen LogP contribution in [0.2, 0.25) is 0 Å². The molecule has 2 nitrogen and oxygen atoms in total. The van der Waals surface area contributed by atoms with Crippen molar-refractivity contribution in [3.8, 4) is 11.3 Å². The Labute approximate surface area is 75.2 Å². The van der Waals surface area contributed by atoms with E-state index >= 15 is 0 Å². The van der Waals surface area contributed by atoms with Gasteiger partial charge in [0, 0.05) is 5.56 Å². The Morgan fingerprint density at radius 3 is 2.50 bits per heavy atom. The van der Waals surface area contributed by atoms with Gasteiger partial charge in [0.25, 0.3) is 0 Å². The molecular formula is C9H8N2S. The van der Waals surface area contributed by atoms with E-state index in [2.05, 4.69) is 39.9 Å². The first kappa shape index (κ1) is 7.43. The lowest BCUT2D eigenvalue weighted by molar-refractivity contribution is 1.44. The second-order valence-electron chi connectivity index (χ2n) is 2.66. The van der Waals surface area contributed by atoms with Gasteiger partial charge in [-0.05, 0) is 6.92 Å². The van der Waals surface area contributed by atoms with E-state index in [0.717, 1.165) is 11.3 Å². The molecule has 1 aromatic heterocycles. The summed E-state index contributed by atoms with van der Waals surface area (Å²) in [5, 5.41) is 0. The van der Waals surface area contributed by atoms with E-state index in [1.165, 1.54) is 17.3 Å². The zero-order valence-electron chi connectivity index (χ0n) is 6.69. The van der Waals surface area contributed by atoms with Gasteiger partial charge in [-0.1, -0.05) is 29.8 Å². The van der Waals surface area contributed by atoms with Crippen molar-refractivity contribution in [2.24, 2.45) is 0 Å². The van der Waals surface area contributed by atoms with Crippen LogP contribution >= 0.6 is 11.7 Å². The lowest BCUT2D eigenvalue weighted by Gasteiger charge is -1.95. The largest absolute Gasteiger partial charge is 0.181 e. The summed E-state index contributed by atoms with van der Waals surface area (Å²) in [5.74, 6) is 0. The molecule has 60 valence electrons. The van der Waals surface area contributed by atoms with Crippen LogP contribution in [0.3, 0.4) is 0 Å². The van der Waals surface area contributed by atoms with Gasteiger partial charge in [-0.2, -0.15) is 8.75 Å². The maximum Gasteiger partial charge on any atom is 0.104 e. The molecule has 2 aromatic rings. The molecule has 12 heavy (non-hydrogen) atoms. The normalized spacial score (nSPS) is 10.1. The topological polar surface area (TPSA) is 25.8 Å². The molecule has 0 unspecified atom stereocenters. The Bertz CT molecular complexity index is 351. The van der Waals surface area contributed by atoms with Crippen molar-refractivity contribution in [3.05, 3.63) is 36.0 Å². The highest BCUT2D eigenvalue weighted by Gasteiger charge is 1.98. The van der Waals surface area contributed by atoms with Crippen molar-refractivity contribution in [1.29, 1.82) is 0 Å². The second-order valence-corrected chi connectivity index (χ2v) is 3.22. The summed E-state index contributed by atoms with van der Waals surface area (Å²) < 4.78 is 8.10. The molecular weight excluding hydrogens is 168 g/mol. The zero-order chi connectivity index (χ0) is 8.39. The van der Waals surface area contributed by atoms with Gasteiger partial charge in [-0.25, -0.2) is 0 Å². The van der Waals surface area contributed by atoms with Crippen molar-refractivity contribution in [3.63, 3.8) is 0 Å².